The first kappa shape index (κ1) is 45.4. The Morgan fingerprint density at radius 3 is 1.55 bits per heavy atom. The van der Waals surface area contributed by atoms with E-state index < -0.39 is 0 Å². The van der Waals surface area contributed by atoms with E-state index in [1.54, 1.807) is 0 Å². The van der Waals surface area contributed by atoms with Crippen LogP contribution in [-0.2, 0) is 27.1 Å². The Kier molecular flexibility index (Phi) is 10.4. The first-order valence-corrected chi connectivity index (χ1v) is 25.8. The van der Waals surface area contributed by atoms with Crippen LogP contribution in [0.15, 0.2) is 138 Å². The maximum Gasteiger partial charge on any atom is 0.247 e. The van der Waals surface area contributed by atoms with Gasteiger partial charge >= 0.3 is 0 Å². The summed E-state index contributed by atoms with van der Waals surface area (Å²) in [6.07, 6.45) is 6.05. The Morgan fingerprint density at radius 1 is 0.464 bits per heavy atom. The van der Waals surface area contributed by atoms with E-state index in [0.717, 1.165) is 41.1 Å². The summed E-state index contributed by atoms with van der Waals surface area (Å²) in [5.74, 6) is 0. The van der Waals surface area contributed by atoms with E-state index >= 15 is 0 Å². The molecule has 1 spiro atoms. The quantitative estimate of drug-likeness (QED) is 0.164. The van der Waals surface area contributed by atoms with Crippen molar-refractivity contribution in [3.63, 3.8) is 0 Å². The topological polar surface area (TPSA) is 19.6 Å². The summed E-state index contributed by atoms with van der Waals surface area (Å²) < 4.78 is 7.19. The van der Waals surface area contributed by atoms with Crippen molar-refractivity contribution in [2.75, 3.05) is 9.80 Å². The molecule has 0 unspecified atom stereocenters. The third kappa shape index (κ3) is 7.55. The van der Waals surface area contributed by atoms with Crippen LogP contribution in [0.25, 0.3) is 21.9 Å². The highest BCUT2D eigenvalue weighted by Crippen LogP contribution is 2.51. The lowest BCUT2D eigenvalue weighted by Crippen LogP contribution is -2.65. The Balaban J connectivity index is 1.13. The molecule has 0 saturated heterocycles. The smallest absolute Gasteiger partial charge is 0.247 e. The zero-order valence-electron chi connectivity index (χ0n) is 43.6. The van der Waals surface area contributed by atoms with E-state index in [1.807, 2.05) is 0 Å². The summed E-state index contributed by atoms with van der Waals surface area (Å²) in [5.41, 5.74) is 23.2. The minimum Gasteiger partial charge on any atom is -0.456 e. The fourth-order valence-corrected chi connectivity index (χ4v) is 12.2. The monoisotopic (exact) mass is 907 g/mol. The number of furan rings is 1. The molecule has 3 aliphatic rings. The van der Waals surface area contributed by atoms with E-state index in [4.69, 9.17) is 4.42 Å². The maximum absolute atomic E-state index is 7.19. The van der Waals surface area contributed by atoms with Gasteiger partial charge in [-0.2, -0.15) is 0 Å². The molecule has 4 heteroatoms. The number of anilines is 6. The van der Waals surface area contributed by atoms with Gasteiger partial charge in [0.15, 0.2) is 0 Å². The number of hydrogen-bond donors (Lipinski definition) is 0. The predicted molar refractivity (Wildman–Crippen MR) is 298 cm³/mol. The fraction of sp³-hybridized carbons (Fsp3) is 0.354. The minimum absolute atomic E-state index is 0.00969. The first-order chi connectivity index (χ1) is 32.6. The largest absolute Gasteiger partial charge is 0.456 e. The molecule has 1 aromatic heterocycles. The van der Waals surface area contributed by atoms with Gasteiger partial charge in [0.2, 0.25) is 6.71 Å². The number of nitrogens with zero attached hydrogens (tertiary/aromatic N) is 2. The average molecular weight is 907 g/mol. The van der Waals surface area contributed by atoms with E-state index in [9.17, 15) is 0 Å². The lowest BCUT2D eigenvalue weighted by molar-refractivity contribution is 0.348. The van der Waals surface area contributed by atoms with Crippen LogP contribution in [0.4, 0.5) is 34.1 Å². The number of hydrogen-bond acceptors (Lipinski definition) is 3. The molecule has 1 fully saturated rings. The minimum atomic E-state index is -0.0892. The van der Waals surface area contributed by atoms with Crippen LogP contribution in [0.3, 0.4) is 0 Å². The number of aryl methyl sites for hydroxylation is 1. The Labute approximate surface area is 413 Å². The summed E-state index contributed by atoms with van der Waals surface area (Å²) >= 11 is 0. The van der Waals surface area contributed by atoms with Gasteiger partial charge in [-0.3, -0.25) is 0 Å². The van der Waals surface area contributed by atoms with E-state index in [1.165, 1.54) is 102 Å². The first-order valence-electron chi connectivity index (χ1n) is 25.8. The Morgan fingerprint density at radius 2 is 0.986 bits per heavy atom. The van der Waals surface area contributed by atoms with Gasteiger partial charge in [-0.1, -0.05) is 162 Å². The average Bonchev–Trinajstić information content (AvgIpc) is 3.66. The highest BCUT2D eigenvalue weighted by atomic mass is 16.3. The Hall–Kier alpha value is -6.00. The van der Waals surface area contributed by atoms with E-state index in [2.05, 4.69) is 233 Å². The van der Waals surface area contributed by atoms with Gasteiger partial charge in [-0.25, -0.2) is 0 Å². The SMILES string of the molecule is Cc1cc2c3c(c1)C1(CCCCC1)c1cc4c(cc1B3c1cc(C(C)(C)C)ccc1N2c1ccc(C(C)(C)C)cc1)oc1cc(N(c2ccc(C(C)(C)C)cc2)c2ccc(C(C)(C)C)cc2)ccc14. The molecular formula is C65H71BN2O. The van der Waals surface area contributed by atoms with Crippen molar-refractivity contribution >= 4 is 79.2 Å². The van der Waals surface area contributed by atoms with Crippen LogP contribution in [0.5, 0.6) is 0 Å². The summed E-state index contributed by atoms with van der Waals surface area (Å²) in [4.78, 5) is 4.99. The summed E-state index contributed by atoms with van der Waals surface area (Å²) in [5, 5.41) is 2.39. The van der Waals surface area contributed by atoms with Gasteiger partial charge in [0.1, 0.15) is 11.2 Å². The van der Waals surface area contributed by atoms with E-state index in [-0.39, 0.29) is 33.8 Å². The zero-order chi connectivity index (χ0) is 48.6. The lowest BCUT2D eigenvalue weighted by atomic mass is 9.29. The van der Waals surface area contributed by atoms with Gasteiger partial charge in [0.25, 0.3) is 0 Å². The van der Waals surface area contributed by atoms with Crippen molar-refractivity contribution in [1.29, 1.82) is 0 Å². The van der Waals surface area contributed by atoms with Gasteiger partial charge in [0.05, 0.1) is 0 Å². The molecule has 1 saturated carbocycles. The van der Waals surface area contributed by atoms with Crippen LogP contribution in [0, 0.1) is 6.92 Å². The van der Waals surface area contributed by atoms with Crippen LogP contribution >= 0.6 is 0 Å². The van der Waals surface area contributed by atoms with E-state index in [0.29, 0.717) is 0 Å². The molecular weight excluding hydrogens is 836 g/mol. The van der Waals surface area contributed by atoms with Crippen molar-refractivity contribution in [3.05, 3.63) is 172 Å². The predicted octanol–water partition coefficient (Wildman–Crippen LogP) is 16.4. The molecule has 11 rings (SSSR count). The second kappa shape index (κ2) is 15.8. The molecule has 1 aliphatic carbocycles. The normalized spacial score (nSPS) is 15.7. The highest BCUT2D eigenvalue weighted by molar-refractivity contribution is 6.99. The maximum atomic E-state index is 7.19. The van der Waals surface area contributed by atoms with Gasteiger partial charge in [0, 0.05) is 56.4 Å². The van der Waals surface area contributed by atoms with Crippen molar-refractivity contribution in [1.82, 2.24) is 0 Å². The molecule has 69 heavy (non-hydrogen) atoms. The molecule has 3 nitrogen and oxygen atoms in total. The molecule has 2 aliphatic heterocycles. The molecule has 3 heterocycles. The van der Waals surface area contributed by atoms with Crippen molar-refractivity contribution in [2.24, 2.45) is 0 Å². The summed E-state index contributed by atoms with van der Waals surface area (Å²) in [6.45, 7) is 30.1. The molecule has 350 valence electrons. The zero-order valence-corrected chi connectivity index (χ0v) is 43.6. The van der Waals surface area contributed by atoms with Crippen LogP contribution < -0.4 is 26.2 Å². The van der Waals surface area contributed by atoms with Gasteiger partial charge in [-0.05, 0) is 164 Å². The van der Waals surface area contributed by atoms with Crippen molar-refractivity contribution < 1.29 is 4.42 Å². The van der Waals surface area contributed by atoms with Gasteiger partial charge in [-0.15, -0.1) is 0 Å². The van der Waals surface area contributed by atoms with Crippen molar-refractivity contribution in [2.45, 2.75) is 149 Å². The van der Waals surface area contributed by atoms with Crippen LogP contribution in [-0.4, -0.2) is 6.71 Å². The molecule has 8 aromatic rings. The third-order valence-electron chi connectivity index (χ3n) is 16.2. The molecule has 0 N–H and O–H groups in total. The molecule has 0 bridgehead atoms. The highest BCUT2D eigenvalue weighted by Gasteiger charge is 2.50. The fourth-order valence-electron chi connectivity index (χ4n) is 12.2. The summed E-state index contributed by atoms with van der Waals surface area (Å²) in [7, 11) is 0. The number of rotatable bonds is 4. The second-order valence-electron chi connectivity index (χ2n) is 25.1. The van der Waals surface area contributed by atoms with Gasteiger partial charge < -0.3 is 14.2 Å². The lowest BCUT2D eigenvalue weighted by Gasteiger charge is -2.49. The molecule has 0 atom stereocenters. The molecule has 0 radical (unpaired) electrons. The van der Waals surface area contributed by atoms with Crippen LogP contribution in [0.1, 0.15) is 154 Å². The number of benzene rings is 7. The standard InChI is InChI=1S/C65H71BN2O/c1-41-35-53-60-57(36-41)68(48-28-21-44(22-29-48)63(8,9)10)56-32-23-45(64(11,12)13)37-55(56)66(60)54-40-59-51(39-52(54)65(53)33-15-14-16-34-65)50-31-30-49(38-58(50)69-59)67(46-24-17-42(18-25-46)61(2,3)4)47-26-19-43(20-27-47)62(5,6)7/h17-32,35-40H,14-16,33-34H2,1-13H3. The summed E-state index contributed by atoms with van der Waals surface area (Å²) in [6, 6.07) is 52.1. The second-order valence-corrected chi connectivity index (χ2v) is 25.1. The Bertz CT molecular complexity index is 3230. The number of fused-ring (bicyclic) bond motifs is 9. The third-order valence-corrected chi connectivity index (χ3v) is 16.2. The molecule has 7 aromatic carbocycles. The van der Waals surface area contributed by atoms with Crippen LogP contribution in [0.2, 0.25) is 0 Å². The van der Waals surface area contributed by atoms with Crippen molar-refractivity contribution in [3.8, 4) is 0 Å². The molecule has 0 amide bonds.